The fourth-order valence-electron chi connectivity index (χ4n) is 9.65. The molecule has 6 heteroatoms. The number of hydrogen-bond acceptors (Lipinski definition) is 6. The maximum atomic E-state index is 12.8. The lowest BCUT2D eigenvalue weighted by Crippen LogP contribution is -2.30. The normalized spacial score (nSPS) is 12.7. The molecule has 0 bridgehead atoms. The lowest BCUT2D eigenvalue weighted by Gasteiger charge is -2.18. The highest BCUT2D eigenvalue weighted by molar-refractivity contribution is 5.71. The fraction of sp³-hybridized carbons (Fsp3) is 0.740. The van der Waals surface area contributed by atoms with Crippen LogP contribution in [0.4, 0.5) is 0 Å². The summed E-state index contributed by atoms with van der Waals surface area (Å²) in [7, 11) is 0. The van der Waals surface area contributed by atoms with E-state index in [1.54, 1.807) is 0 Å². The minimum Gasteiger partial charge on any atom is -0.462 e. The van der Waals surface area contributed by atoms with Crippen molar-refractivity contribution >= 4 is 17.9 Å². The Morgan fingerprint density at radius 2 is 0.494 bits per heavy atom. The molecule has 0 heterocycles. The molecule has 454 valence electrons. The van der Waals surface area contributed by atoms with Crippen molar-refractivity contribution in [3.05, 3.63) is 97.2 Å². The van der Waals surface area contributed by atoms with Crippen LogP contribution in [0.3, 0.4) is 0 Å². The molecule has 0 radical (unpaired) electrons. The minimum absolute atomic E-state index is 0.127. The molecule has 0 aromatic carbocycles. The predicted octanol–water partition coefficient (Wildman–Crippen LogP) is 23.2. The van der Waals surface area contributed by atoms with Crippen LogP contribution in [-0.2, 0) is 28.6 Å². The third kappa shape index (κ3) is 65.0. The molecule has 0 saturated heterocycles. The molecule has 1 unspecified atom stereocenters. The van der Waals surface area contributed by atoms with Crippen LogP contribution >= 0.6 is 0 Å². The van der Waals surface area contributed by atoms with Crippen molar-refractivity contribution in [2.75, 3.05) is 13.2 Å². The highest BCUT2D eigenvalue weighted by atomic mass is 16.6. The Morgan fingerprint density at radius 3 is 0.772 bits per heavy atom. The van der Waals surface area contributed by atoms with Crippen molar-refractivity contribution in [2.45, 2.75) is 335 Å². The first-order valence-corrected chi connectivity index (χ1v) is 33.7. The minimum atomic E-state index is -0.844. The van der Waals surface area contributed by atoms with E-state index in [4.69, 9.17) is 14.2 Å². The summed E-state index contributed by atoms with van der Waals surface area (Å²) in [5.74, 6) is -1.09. The van der Waals surface area contributed by atoms with E-state index in [9.17, 15) is 14.4 Å². The molecule has 0 aromatic rings. The monoisotopic (exact) mass is 1100 g/mol. The molecule has 6 nitrogen and oxygen atoms in total. The molecule has 79 heavy (non-hydrogen) atoms. The topological polar surface area (TPSA) is 78.9 Å². The van der Waals surface area contributed by atoms with Gasteiger partial charge in [0.2, 0.25) is 0 Å². The highest BCUT2D eigenvalue weighted by Crippen LogP contribution is 2.18. The molecule has 0 aliphatic carbocycles. The number of unbranched alkanes of at least 4 members (excludes halogenated alkanes) is 34. The van der Waals surface area contributed by atoms with Crippen molar-refractivity contribution in [3.8, 4) is 0 Å². The predicted molar refractivity (Wildman–Crippen MR) is 344 cm³/mol. The van der Waals surface area contributed by atoms with Crippen LogP contribution in [0.5, 0.6) is 0 Å². The first-order chi connectivity index (χ1) is 39.0. The third-order valence-electron chi connectivity index (χ3n) is 14.6. The van der Waals surface area contributed by atoms with E-state index in [0.29, 0.717) is 19.3 Å². The van der Waals surface area contributed by atoms with Crippen molar-refractivity contribution in [3.63, 3.8) is 0 Å². The third-order valence-corrected chi connectivity index (χ3v) is 14.6. The van der Waals surface area contributed by atoms with Crippen molar-refractivity contribution in [2.24, 2.45) is 0 Å². The first-order valence-electron chi connectivity index (χ1n) is 33.7. The van der Waals surface area contributed by atoms with E-state index in [1.807, 2.05) is 24.3 Å². The SMILES string of the molecule is CC/C=C\C/C=C\C/C=C\C/C=C\CCC(=O)OCC(COC(=O)CCCCCCCCCCCCCCCCCCCCCCCCCCCCCCCCCCCCC)OC(=O)CC/C=C\C/C=C\C/C=C\C/C=C\CC. The molecule has 0 amide bonds. The molecular formula is C73H126O6. The summed E-state index contributed by atoms with van der Waals surface area (Å²) in [4.78, 5) is 38.1. The van der Waals surface area contributed by atoms with E-state index in [1.165, 1.54) is 205 Å². The molecule has 0 aliphatic rings. The van der Waals surface area contributed by atoms with Crippen LogP contribution < -0.4 is 0 Å². The molecule has 0 fully saturated rings. The second-order valence-corrected chi connectivity index (χ2v) is 22.3. The Morgan fingerprint density at radius 1 is 0.266 bits per heavy atom. The van der Waals surface area contributed by atoms with Gasteiger partial charge in [0.15, 0.2) is 6.10 Å². The lowest BCUT2D eigenvalue weighted by molar-refractivity contribution is -0.166. The van der Waals surface area contributed by atoms with Gasteiger partial charge in [0.25, 0.3) is 0 Å². The number of hydrogen-bond donors (Lipinski definition) is 0. The van der Waals surface area contributed by atoms with Crippen LogP contribution in [-0.4, -0.2) is 37.2 Å². The van der Waals surface area contributed by atoms with E-state index < -0.39 is 12.1 Å². The van der Waals surface area contributed by atoms with Gasteiger partial charge in [-0.1, -0.05) is 336 Å². The zero-order chi connectivity index (χ0) is 57.1. The quantitative estimate of drug-likeness (QED) is 0.0261. The van der Waals surface area contributed by atoms with E-state index in [0.717, 1.165) is 70.6 Å². The van der Waals surface area contributed by atoms with Crippen LogP contribution in [0.2, 0.25) is 0 Å². The van der Waals surface area contributed by atoms with Crippen LogP contribution in [0.15, 0.2) is 97.2 Å². The maximum absolute atomic E-state index is 12.8. The van der Waals surface area contributed by atoms with Gasteiger partial charge in [0.05, 0.1) is 0 Å². The average Bonchev–Trinajstić information content (AvgIpc) is 3.45. The Hall–Kier alpha value is -3.67. The average molecular weight is 1100 g/mol. The Labute approximate surface area is 489 Å². The van der Waals surface area contributed by atoms with Crippen molar-refractivity contribution < 1.29 is 28.6 Å². The largest absolute Gasteiger partial charge is 0.462 e. The van der Waals surface area contributed by atoms with Gasteiger partial charge in [0.1, 0.15) is 13.2 Å². The van der Waals surface area contributed by atoms with E-state index >= 15 is 0 Å². The Kier molecular flexibility index (Phi) is 63.7. The smallest absolute Gasteiger partial charge is 0.306 e. The fourth-order valence-corrected chi connectivity index (χ4v) is 9.65. The molecule has 0 spiro atoms. The van der Waals surface area contributed by atoms with Gasteiger partial charge in [-0.3, -0.25) is 14.4 Å². The number of carbonyl (C=O) groups excluding carboxylic acids is 3. The molecule has 0 N–H and O–H groups in total. The van der Waals surface area contributed by atoms with E-state index in [-0.39, 0.29) is 38.0 Å². The van der Waals surface area contributed by atoms with Crippen LogP contribution in [0.25, 0.3) is 0 Å². The standard InChI is InChI=1S/C73H126O6/c1-4-7-10-13-16-19-22-25-26-27-28-29-30-31-32-33-34-35-36-37-38-39-40-41-42-43-44-45-46-49-51-54-57-60-63-66-72(75)78-69-70(79-73(76)67-64-61-58-55-52-48-24-21-18-15-12-9-6-3)68-77-71(74)65-62-59-56-53-50-47-23-20-17-14-11-8-5-2/h8-9,11-12,17-18,20-21,47-48,50,52,56,58-59,61,70H,4-7,10,13-16,19,22-46,49,51,53-55,57,60,62-69H2,1-3H3/b11-8-,12-9-,20-17-,21-18-,50-47-,52-48-,59-56-,61-58-. The van der Waals surface area contributed by atoms with E-state index in [2.05, 4.69) is 93.7 Å². The summed E-state index contributed by atoms with van der Waals surface area (Å²) < 4.78 is 16.7. The summed E-state index contributed by atoms with van der Waals surface area (Å²) in [6.07, 6.45) is 90.8. The highest BCUT2D eigenvalue weighted by Gasteiger charge is 2.19. The maximum Gasteiger partial charge on any atom is 0.306 e. The zero-order valence-corrected chi connectivity index (χ0v) is 52.1. The molecule has 0 aliphatic heterocycles. The van der Waals surface area contributed by atoms with Gasteiger partial charge >= 0.3 is 17.9 Å². The zero-order valence-electron chi connectivity index (χ0n) is 52.1. The summed E-state index contributed by atoms with van der Waals surface area (Å²) in [5, 5.41) is 0. The molecule has 0 aromatic heterocycles. The molecule has 0 rings (SSSR count). The summed E-state index contributed by atoms with van der Waals surface area (Å²) in [6, 6.07) is 0. The lowest BCUT2D eigenvalue weighted by atomic mass is 10.0. The number of rotatable bonds is 61. The number of esters is 3. The first kappa shape index (κ1) is 75.3. The summed E-state index contributed by atoms with van der Waals surface area (Å²) in [5.41, 5.74) is 0. The Balaban J connectivity index is 4.09. The molecular weight excluding hydrogens is 973 g/mol. The Bertz CT molecular complexity index is 1540. The van der Waals surface area contributed by atoms with Gasteiger partial charge in [-0.2, -0.15) is 0 Å². The van der Waals surface area contributed by atoms with Gasteiger partial charge < -0.3 is 14.2 Å². The van der Waals surface area contributed by atoms with Crippen molar-refractivity contribution in [1.29, 1.82) is 0 Å². The molecule has 0 saturated carbocycles. The molecule has 1 atom stereocenters. The second-order valence-electron chi connectivity index (χ2n) is 22.3. The number of allylic oxidation sites excluding steroid dienone is 16. The van der Waals surface area contributed by atoms with Gasteiger partial charge in [0, 0.05) is 19.3 Å². The summed E-state index contributed by atoms with van der Waals surface area (Å²) >= 11 is 0. The van der Waals surface area contributed by atoms with Gasteiger partial charge in [-0.25, -0.2) is 0 Å². The van der Waals surface area contributed by atoms with Gasteiger partial charge in [-0.05, 0) is 70.6 Å². The number of ether oxygens (including phenoxy) is 3. The van der Waals surface area contributed by atoms with Crippen LogP contribution in [0.1, 0.15) is 329 Å². The summed E-state index contributed by atoms with van der Waals surface area (Å²) in [6.45, 7) is 6.31. The van der Waals surface area contributed by atoms with Crippen molar-refractivity contribution in [1.82, 2.24) is 0 Å². The second kappa shape index (κ2) is 66.8. The van der Waals surface area contributed by atoms with Crippen LogP contribution in [0, 0.1) is 0 Å². The number of carbonyl (C=O) groups is 3. The van der Waals surface area contributed by atoms with Gasteiger partial charge in [-0.15, -0.1) is 0 Å².